The van der Waals surface area contributed by atoms with Crippen molar-refractivity contribution in [3.63, 3.8) is 0 Å². The summed E-state index contributed by atoms with van der Waals surface area (Å²) in [5.74, 6) is -0.654. The van der Waals surface area contributed by atoms with E-state index in [9.17, 15) is 19.2 Å². The van der Waals surface area contributed by atoms with Gasteiger partial charge in [-0.15, -0.1) is 0 Å². The maximum Gasteiger partial charge on any atom is 0.251 e. The number of nitrogens with zero attached hydrogens (tertiary/aromatic N) is 6. The smallest absolute Gasteiger partial charge is 0.251 e. The minimum absolute atomic E-state index is 0.0415. The molecule has 0 bridgehead atoms. The fourth-order valence-electron chi connectivity index (χ4n) is 10.6. The molecule has 364 valence electrons. The first-order chi connectivity index (χ1) is 31.8. The number of carbonyl (C=O) groups excluding carboxylic acids is 2. The third-order valence-corrected chi connectivity index (χ3v) is 15.2. The van der Waals surface area contributed by atoms with Crippen LogP contribution in [0.15, 0.2) is 46.0 Å². The molecule has 2 aliphatic carbocycles. The molecule has 0 aliphatic heterocycles. The number of nitrogens with one attached hydrogen (secondary N) is 3. The molecule has 0 saturated heterocycles. The van der Waals surface area contributed by atoms with Crippen LogP contribution in [0.2, 0.25) is 10.0 Å². The maximum absolute atomic E-state index is 15.9. The number of rotatable bonds is 16. The second kappa shape index (κ2) is 21.9. The number of hydrogen-bond acceptors (Lipinski definition) is 9. The predicted molar refractivity (Wildman–Crippen MR) is 272 cm³/mol. The average molecular weight is 963 g/mol. The molecule has 0 atom stereocenters. The Balaban J connectivity index is 1.13. The number of anilines is 3. The SMILES string of the molecule is CCN(c1cc(Cl)cc(C(=O)NCc2c(C)n(C)c(NC)cc2=O)c1C)C1CCC(N(C)n2c(F)cc(=O)c(CNC(=O)c3cc(Cl)cc(N(CC)C4CCC(N(C)C)CC4)c3C)c2C)CC1. The summed E-state index contributed by atoms with van der Waals surface area (Å²) in [4.78, 5) is 60.8. The van der Waals surface area contributed by atoms with Crippen LogP contribution in [-0.2, 0) is 20.1 Å². The van der Waals surface area contributed by atoms with E-state index in [0.717, 1.165) is 92.2 Å². The van der Waals surface area contributed by atoms with Gasteiger partial charge in [0.25, 0.3) is 11.8 Å². The standard InChI is InChI=1S/C51H70Cl2FN9O4/c1-12-61(38-18-14-36(15-19-38)58(8)9)44-24-35(53)23-41(31(44)4)51(67)57-29-43-33(6)63(48(54)26-46(43)64)60(11)37-16-20-39(21-17-37)62(13-2)45-25-34(52)22-40(30(45)3)50(66)56-28-42-32(5)59(10)49(55-7)27-47(42)65/h22-27,36-39,55H,12-21,28-29H2,1-11H3,(H,56,66)(H,57,67). The molecule has 6 rings (SSSR count). The molecular formula is C51H70Cl2FN9O4. The number of amides is 2. The van der Waals surface area contributed by atoms with Crippen LogP contribution in [-0.4, -0.2) is 91.4 Å². The maximum atomic E-state index is 15.9. The number of pyridine rings is 2. The van der Waals surface area contributed by atoms with Crippen LogP contribution in [0, 0.1) is 33.6 Å². The molecule has 2 amide bonds. The topological polar surface area (TPSA) is 127 Å². The van der Waals surface area contributed by atoms with Crippen molar-refractivity contribution in [3.8, 4) is 0 Å². The Kier molecular flexibility index (Phi) is 16.8. The summed E-state index contributed by atoms with van der Waals surface area (Å²) in [7, 11) is 9.73. The molecule has 16 heteroatoms. The Morgan fingerprint density at radius 2 is 1.07 bits per heavy atom. The highest BCUT2D eigenvalue weighted by molar-refractivity contribution is 6.31. The minimum atomic E-state index is -0.669. The van der Waals surface area contributed by atoms with Crippen molar-refractivity contribution in [2.24, 2.45) is 7.05 Å². The number of halogens is 3. The fraction of sp³-hybridized carbons (Fsp3) is 0.529. The van der Waals surface area contributed by atoms with Crippen molar-refractivity contribution in [1.82, 2.24) is 24.8 Å². The average Bonchev–Trinajstić information content (AvgIpc) is 3.29. The second-order valence-electron chi connectivity index (χ2n) is 18.6. The number of benzene rings is 2. The van der Waals surface area contributed by atoms with E-state index in [0.29, 0.717) is 62.4 Å². The van der Waals surface area contributed by atoms with Crippen molar-refractivity contribution in [2.45, 2.75) is 130 Å². The number of carbonyl (C=O) groups is 2. The molecule has 2 heterocycles. The first-order valence-electron chi connectivity index (χ1n) is 23.7. The van der Waals surface area contributed by atoms with E-state index >= 15 is 4.39 Å². The van der Waals surface area contributed by atoms with Crippen LogP contribution >= 0.6 is 23.2 Å². The van der Waals surface area contributed by atoms with Crippen molar-refractivity contribution < 1.29 is 14.0 Å². The quantitative estimate of drug-likeness (QED) is 0.0953. The van der Waals surface area contributed by atoms with Gasteiger partial charge in [0.05, 0.1) is 0 Å². The van der Waals surface area contributed by atoms with E-state index in [2.05, 4.69) is 58.6 Å². The lowest BCUT2D eigenvalue weighted by atomic mass is 9.89. The Bertz CT molecular complexity index is 2580. The molecule has 0 spiro atoms. The van der Waals surface area contributed by atoms with E-state index in [-0.39, 0.29) is 42.4 Å². The van der Waals surface area contributed by atoms with Gasteiger partial charge in [-0.05, 0) is 142 Å². The third kappa shape index (κ3) is 11.0. The van der Waals surface area contributed by atoms with Gasteiger partial charge in [-0.1, -0.05) is 23.2 Å². The molecule has 2 aliphatic rings. The zero-order valence-electron chi connectivity index (χ0n) is 41.2. The molecule has 67 heavy (non-hydrogen) atoms. The summed E-state index contributed by atoms with van der Waals surface area (Å²) in [6, 6.07) is 10.7. The Morgan fingerprint density at radius 3 is 1.51 bits per heavy atom. The molecule has 2 fully saturated rings. The largest absolute Gasteiger partial charge is 0.374 e. The van der Waals surface area contributed by atoms with Gasteiger partial charge in [-0.3, -0.25) is 19.2 Å². The second-order valence-corrected chi connectivity index (χ2v) is 19.4. The van der Waals surface area contributed by atoms with E-state index < -0.39 is 11.4 Å². The summed E-state index contributed by atoms with van der Waals surface area (Å²) in [6.45, 7) is 13.1. The summed E-state index contributed by atoms with van der Waals surface area (Å²) >= 11 is 13.4. The lowest BCUT2D eigenvalue weighted by Gasteiger charge is -2.42. The van der Waals surface area contributed by atoms with Gasteiger partial charge in [0, 0.05) is 139 Å². The first kappa shape index (κ1) is 51.3. The lowest BCUT2D eigenvalue weighted by Crippen LogP contribution is -2.48. The molecule has 0 unspecified atom stereocenters. The first-order valence-corrected chi connectivity index (χ1v) is 24.4. The van der Waals surface area contributed by atoms with Crippen LogP contribution in [0.4, 0.5) is 21.6 Å². The van der Waals surface area contributed by atoms with Gasteiger partial charge >= 0.3 is 0 Å². The zero-order valence-corrected chi connectivity index (χ0v) is 42.7. The van der Waals surface area contributed by atoms with Gasteiger partial charge < -0.3 is 40.2 Å². The van der Waals surface area contributed by atoms with Crippen LogP contribution < -0.4 is 41.6 Å². The van der Waals surface area contributed by atoms with E-state index in [1.165, 1.54) is 10.7 Å². The molecule has 2 aromatic carbocycles. The Morgan fingerprint density at radius 1 is 0.657 bits per heavy atom. The van der Waals surface area contributed by atoms with Gasteiger partial charge in [-0.2, -0.15) is 4.39 Å². The van der Waals surface area contributed by atoms with Crippen molar-refractivity contribution in [2.75, 3.05) is 61.4 Å². The summed E-state index contributed by atoms with van der Waals surface area (Å²) in [5, 5.41) is 11.7. The van der Waals surface area contributed by atoms with Gasteiger partial charge in [0.2, 0.25) is 5.95 Å². The van der Waals surface area contributed by atoms with Crippen molar-refractivity contribution in [3.05, 3.63) is 118 Å². The molecule has 2 aromatic heterocycles. The molecule has 2 saturated carbocycles. The highest BCUT2D eigenvalue weighted by Crippen LogP contribution is 2.36. The summed E-state index contributed by atoms with van der Waals surface area (Å²) in [6.07, 6.45) is 7.39. The van der Waals surface area contributed by atoms with Crippen LogP contribution in [0.25, 0.3) is 0 Å². The zero-order chi connectivity index (χ0) is 49.0. The van der Waals surface area contributed by atoms with Gasteiger partial charge in [-0.25, -0.2) is 4.68 Å². The highest BCUT2D eigenvalue weighted by atomic mass is 35.5. The third-order valence-electron chi connectivity index (χ3n) is 14.7. The van der Waals surface area contributed by atoms with E-state index in [4.69, 9.17) is 23.2 Å². The van der Waals surface area contributed by atoms with Crippen molar-refractivity contribution >= 4 is 52.2 Å². The molecule has 0 radical (unpaired) electrons. The van der Waals surface area contributed by atoms with Gasteiger partial charge in [0.15, 0.2) is 10.9 Å². The number of hydrogen-bond donors (Lipinski definition) is 3. The highest BCUT2D eigenvalue weighted by Gasteiger charge is 2.32. The van der Waals surface area contributed by atoms with Crippen LogP contribution in [0.1, 0.15) is 120 Å². The molecule has 13 nitrogen and oxygen atoms in total. The summed E-state index contributed by atoms with van der Waals surface area (Å²) in [5.41, 5.74) is 5.66. The van der Waals surface area contributed by atoms with Crippen molar-refractivity contribution in [1.29, 1.82) is 0 Å². The normalized spacial score (nSPS) is 18.4. The van der Waals surface area contributed by atoms with Crippen LogP contribution in [0.3, 0.4) is 0 Å². The molecule has 3 N–H and O–H groups in total. The predicted octanol–water partition coefficient (Wildman–Crippen LogP) is 8.23. The van der Waals surface area contributed by atoms with Crippen LogP contribution in [0.5, 0.6) is 0 Å². The molecule has 4 aromatic rings. The monoisotopic (exact) mass is 961 g/mol. The Labute approximate surface area is 405 Å². The van der Waals surface area contributed by atoms with Gasteiger partial charge in [0.1, 0.15) is 5.82 Å². The fourth-order valence-corrected chi connectivity index (χ4v) is 11.0. The summed E-state index contributed by atoms with van der Waals surface area (Å²) < 4.78 is 19.2. The van der Waals surface area contributed by atoms with E-state index in [1.54, 1.807) is 26.1 Å². The minimum Gasteiger partial charge on any atom is -0.374 e. The lowest BCUT2D eigenvalue weighted by molar-refractivity contribution is 0.0942. The number of aromatic nitrogens is 2. The Hall–Kier alpha value is -5.05. The van der Waals surface area contributed by atoms with E-state index in [1.807, 2.05) is 56.6 Å². The molecular weight excluding hydrogens is 893 g/mol.